The van der Waals surface area contributed by atoms with Gasteiger partial charge in [-0.3, -0.25) is 10.1 Å². The molecule has 0 saturated carbocycles. The van der Waals surface area contributed by atoms with Crippen LogP contribution in [0, 0.1) is 5.41 Å². The summed E-state index contributed by atoms with van der Waals surface area (Å²) in [4.78, 5) is 12.0. The van der Waals surface area contributed by atoms with E-state index in [9.17, 15) is 4.79 Å². The SMILES string of the molecule is COc1ccc(C=CC(=O)Nc2nnc(CC(C)(C)C)s2)cc1OC. The molecule has 0 aliphatic rings. The van der Waals surface area contributed by atoms with Crippen LogP contribution in [0.25, 0.3) is 6.08 Å². The maximum Gasteiger partial charge on any atom is 0.250 e. The van der Waals surface area contributed by atoms with Gasteiger partial charge >= 0.3 is 0 Å². The number of carbonyl (C=O) groups excluding carboxylic acids is 1. The van der Waals surface area contributed by atoms with Crippen LogP contribution >= 0.6 is 11.3 Å². The highest BCUT2D eigenvalue weighted by atomic mass is 32.1. The summed E-state index contributed by atoms with van der Waals surface area (Å²) >= 11 is 1.40. The lowest BCUT2D eigenvalue weighted by Crippen LogP contribution is -2.08. The molecule has 1 N–H and O–H groups in total. The van der Waals surface area contributed by atoms with Crippen molar-refractivity contribution in [3.63, 3.8) is 0 Å². The number of nitrogens with one attached hydrogen (secondary N) is 1. The fraction of sp³-hybridized carbons (Fsp3) is 0.389. The van der Waals surface area contributed by atoms with E-state index in [2.05, 4.69) is 36.3 Å². The number of carbonyl (C=O) groups is 1. The highest BCUT2D eigenvalue weighted by Gasteiger charge is 2.15. The Morgan fingerprint density at radius 3 is 2.56 bits per heavy atom. The lowest BCUT2D eigenvalue weighted by atomic mass is 9.93. The summed E-state index contributed by atoms with van der Waals surface area (Å²) in [5.41, 5.74) is 0.965. The third-order valence-electron chi connectivity index (χ3n) is 3.21. The molecule has 1 aromatic carbocycles. The van der Waals surface area contributed by atoms with Crippen LogP contribution in [0.5, 0.6) is 11.5 Å². The van der Waals surface area contributed by atoms with Gasteiger partial charge < -0.3 is 9.47 Å². The van der Waals surface area contributed by atoms with Gasteiger partial charge in [-0.15, -0.1) is 10.2 Å². The van der Waals surface area contributed by atoms with Gasteiger partial charge in [0.05, 0.1) is 14.2 Å². The van der Waals surface area contributed by atoms with E-state index in [1.54, 1.807) is 32.4 Å². The fourth-order valence-electron chi connectivity index (χ4n) is 2.10. The molecule has 0 saturated heterocycles. The average Bonchev–Trinajstić information content (AvgIpc) is 2.97. The molecule has 0 atom stereocenters. The van der Waals surface area contributed by atoms with E-state index in [0.29, 0.717) is 16.6 Å². The number of anilines is 1. The van der Waals surface area contributed by atoms with Gasteiger partial charge in [0.1, 0.15) is 5.01 Å². The summed E-state index contributed by atoms with van der Waals surface area (Å²) in [5, 5.41) is 12.3. The monoisotopic (exact) mass is 361 g/mol. The standard InChI is InChI=1S/C18H23N3O3S/c1-18(2,3)11-16-20-21-17(25-16)19-15(22)9-7-12-6-8-13(23-4)14(10-12)24-5/h6-10H,11H2,1-5H3,(H,19,21,22). The van der Waals surface area contributed by atoms with Crippen molar-refractivity contribution in [2.24, 2.45) is 5.41 Å². The highest BCUT2D eigenvalue weighted by molar-refractivity contribution is 7.15. The molecule has 0 aliphatic carbocycles. The maximum atomic E-state index is 12.0. The zero-order valence-corrected chi connectivity index (χ0v) is 15.9. The molecule has 0 bridgehead atoms. The number of amides is 1. The first-order valence-electron chi connectivity index (χ1n) is 7.84. The Kier molecular flexibility index (Phi) is 6.14. The molecule has 0 spiro atoms. The van der Waals surface area contributed by atoms with Crippen LogP contribution in [0.1, 0.15) is 31.3 Å². The molecule has 1 amide bonds. The number of nitrogens with zero attached hydrogens (tertiary/aromatic N) is 2. The van der Waals surface area contributed by atoms with Crippen LogP contribution in [-0.2, 0) is 11.2 Å². The van der Waals surface area contributed by atoms with Crippen LogP contribution < -0.4 is 14.8 Å². The summed E-state index contributed by atoms with van der Waals surface area (Å²) in [5.74, 6) is 0.999. The summed E-state index contributed by atoms with van der Waals surface area (Å²) < 4.78 is 10.4. The quantitative estimate of drug-likeness (QED) is 0.792. The predicted octanol–water partition coefficient (Wildman–Crippen LogP) is 3.80. The molecular formula is C18H23N3O3S. The van der Waals surface area contributed by atoms with Crippen molar-refractivity contribution >= 4 is 28.5 Å². The third kappa shape index (κ3) is 5.86. The predicted molar refractivity (Wildman–Crippen MR) is 100 cm³/mol. The molecule has 0 fully saturated rings. The van der Waals surface area contributed by atoms with Gasteiger partial charge in [-0.05, 0) is 29.2 Å². The van der Waals surface area contributed by atoms with E-state index >= 15 is 0 Å². The Labute approximate surface area is 151 Å². The van der Waals surface area contributed by atoms with E-state index < -0.39 is 0 Å². The number of hydrogen-bond donors (Lipinski definition) is 1. The van der Waals surface area contributed by atoms with Gasteiger partial charge in [-0.1, -0.05) is 38.2 Å². The first kappa shape index (κ1) is 18.9. The van der Waals surface area contributed by atoms with Crippen LogP contribution in [0.2, 0.25) is 0 Å². The Morgan fingerprint density at radius 1 is 1.20 bits per heavy atom. The summed E-state index contributed by atoms with van der Waals surface area (Å²) in [6, 6.07) is 5.44. The van der Waals surface area contributed by atoms with Crippen molar-refractivity contribution in [3.05, 3.63) is 34.8 Å². The summed E-state index contributed by atoms with van der Waals surface area (Å²) in [6.07, 6.45) is 3.97. The molecule has 25 heavy (non-hydrogen) atoms. The molecule has 7 heteroatoms. The maximum absolute atomic E-state index is 12.0. The number of benzene rings is 1. The Hall–Kier alpha value is -2.41. The summed E-state index contributed by atoms with van der Waals surface area (Å²) in [7, 11) is 3.15. The van der Waals surface area contributed by atoms with Crippen LogP contribution in [-0.4, -0.2) is 30.3 Å². The summed E-state index contributed by atoms with van der Waals surface area (Å²) in [6.45, 7) is 6.41. The third-order valence-corrected chi connectivity index (χ3v) is 4.05. The molecule has 2 aromatic rings. The number of hydrogen-bond acceptors (Lipinski definition) is 6. The van der Waals surface area contributed by atoms with Crippen molar-refractivity contribution in [3.8, 4) is 11.5 Å². The van der Waals surface area contributed by atoms with Crippen molar-refractivity contribution in [2.75, 3.05) is 19.5 Å². The Bertz CT molecular complexity index is 763. The smallest absolute Gasteiger partial charge is 0.250 e. The average molecular weight is 361 g/mol. The van der Waals surface area contributed by atoms with E-state index in [-0.39, 0.29) is 11.3 Å². The minimum absolute atomic E-state index is 0.133. The second-order valence-electron chi connectivity index (χ2n) is 6.68. The second kappa shape index (κ2) is 8.11. The molecule has 1 aromatic heterocycles. The van der Waals surface area contributed by atoms with Gasteiger partial charge in [0.25, 0.3) is 0 Å². The second-order valence-corrected chi connectivity index (χ2v) is 7.74. The zero-order valence-electron chi connectivity index (χ0n) is 15.1. The number of aromatic nitrogens is 2. The van der Waals surface area contributed by atoms with Crippen molar-refractivity contribution < 1.29 is 14.3 Å². The van der Waals surface area contributed by atoms with E-state index in [4.69, 9.17) is 9.47 Å². The lowest BCUT2D eigenvalue weighted by Gasteiger charge is -2.14. The number of rotatable bonds is 6. The van der Waals surface area contributed by atoms with Crippen molar-refractivity contribution in [2.45, 2.75) is 27.2 Å². The number of ether oxygens (including phenoxy) is 2. The minimum atomic E-state index is -0.256. The molecule has 0 aliphatic heterocycles. The van der Waals surface area contributed by atoms with Crippen LogP contribution in [0.15, 0.2) is 24.3 Å². The van der Waals surface area contributed by atoms with Gasteiger partial charge in [0, 0.05) is 12.5 Å². The molecular weight excluding hydrogens is 338 g/mol. The molecule has 2 rings (SSSR count). The van der Waals surface area contributed by atoms with E-state index in [1.807, 2.05) is 6.07 Å². The fourth-order valence-corrected chi connectivity index (χ4v) is 3.15. The first-order chi connectivity index (χ1) is 11.8. The highest BCUT2D eigenvalue weighted by Crippen LogP contribution is 2.28. The topological polar surface area (TPSA) is 73.3 Å². The van der Waals surface area contributed by atoms with Gasteiger partial charge in [0.2, 0.25) is 11.0 Å². The minimum Gasteiger partial charge on any atom is -0.493 e. The molecule has 134 valence electrons. The molecule has 0 unspecified atom stereocenters. The lowest BCUT2D eigenvalue weighted by molar-refractivity contribution is -0.111. The molecule has 0 radical (unpaired) electrons. The van der Waals surface area contributed by atoms with Gasteiger partial charge in [0.15, 0.2) is 11.5 Å². The van der Waals surface area contributed by atoms with E-state index in [1.165, 1.54) is 17.4 Å². The molecule has 6 nitrogen and oxygen atoms in total. The first-order valence-corrected chi connectivity index (χ1v) is 8.66. The van der Waals surface area contributed by atoms with Crippen LogP contribution in [0.3, 0.4) is 0 Å². The van der Waals surface area contributed by atoms with Crippen molar-refractivity contribution in [1.82, 2.24) is 10.2 Å². The van der Waals surface area contributed by atoms with E-state index in [0.717, 1.165) is 17.0 Å². The number of methoxy groups -OCH3 is 2. The van der Waals surface area contributed by atoms with Gasteiger partial charge in [-0.2, -0.15) is 0 Å². The largest absolute Gasteiger partial charge is 0.493 e. The molecule has 1 heterocycles. The zero-order chi connectivity index (χ0) is 18.4. The van der Waals surface area contributed by atoms with Crippen LogP contribution in [0.4, 0.5) is 5.13 Å². The normalized spacial score (nSPS) is 11.6. The van der Waals surface area contributed by atoms with Crippen molar-refractivity contribution in [1.29, 1.82) is 0 Å². The Balaban J connectivity index is 1.99. The van der Waals surface area contributed by atoms with Gasteiger partial charge in [-0.25, -0.2) is 0 Å². The Morgan fingerprint density at radius 2 is 1.92 bits per heavy atom.